The van der Waals surface area contributed by atoms with Gasteiger partial charge in [-0.1, -0.05) is 27.7 Å². The van der Waals surface area contributed by atoms with E-state index < -0.39 is 5.60 Å². The number of aliphatic hydroxyl groups is 1. The lowest BCUT2D eigenvalue weighted by atomic mass is 9.42. The highest BCUT2D eigenvalue weighted by Gasteiger charge is 2.62. The largest absolute Gasteiger partial charge is 0.462 e. The number of hydrogen-bond acceptors (Lipinski definition) is 7. The van der Waals surface area contributed by atoms with Crippen LogP contribution in [0.2, 0.25) is 0 Å². The summed E-state index contributed by atoms with van der Waals surface area (Å²) in [5.74, 6) is -0.0258. The topological polar surface area (TPSA) is 102 Å². The van der Waals surface area contributed by atoms with E-state index >= 15 is 0 Å². The van der Waals surface area contributed by atoms with Crippen molar-refractivity contribution in [2.24, 2.45) is 34.5 Å². The highest BCUT2D eigenvalue weighted by Crippen LogP contribution is 2.64. The van der Waals surface area contributed by atoms with Gasteiger partial charge in [-0.15, -0.1) is 0 Å². The molecule has 0 saturated heterocycles. The number of carbonyl (C=O) groups is 3. The van der Waals surface area contributed by atoms with Crippen molar-refractivity contribution in [2.45, 2.75) is 98.2 Å². The summed E-state index contributed by atoms with van der Waals surface area (Å²) in [6.45, 7) is 12.5. The molecule has 0 aliphatic heterocycles. The lowest BCUT2D eigenvalue weighted by Gasteiger charge is -2.62. The van der Waals surface area contributed by atoms with Gasteiger partial charge in [-0.25, -0.2) is 0 Å². The van der Waals surface area contributed by atoms with Gasteiger partial charge in [-0.3, -0.25) is 14.4 Å². The molecule has 0 heterocycles. The molecule has 0 spiro atoms. The third-order valence-electron chi connectivity index (χ3n) is 9.17. The molecule has 3 rings (SSSR count). The monoisotopic (exact) mass is 491 g/mol. The number of hydrogen-bond donors (Lipinski definition) is 2. The van der Waals surface area contributed by atoms with Crippen LogP contribution in [0.1, 0.15) is 86.5 Å². The van der Waals surface area contributed by atoms with Gasteiger partial charge in [0, 0.05) is 24.3 Å². The quantitative estimate of drug-likeness (QED) is 0.407. The second-order valence-corrected chi connectivity index (χ2v) is 12.6. The summed E-state index contributed by atoms with van der Waals surface area (Å²) in [6.07, 6.45) is 5.46. The van der Waals surface area contributed by atoms with E-state index in [4.69, 9.17) is 9.47 Å². The third-order valence-corrected chi connectivity index (χ3v) is 9.17. The average molecular weight is 492 g/mol. The Labute approximate surface area is 210 Å². The van der Waals surface area contributed by atoms with E-state index in [0.717, 1.165) is 31.3 Å². The molecule has 7 heteroatoms. The Bertz CT molecular complexity index is 856. The molecule has 0 radical (unpaired) electrons. The van der Waals surface area contributed by atoms with Gasteiger partial charge < -0.3 is 19.9 Å². The molecule has 4 unspecified atom stereocenters. The summed E-state index contributed by atoms with van der Waals surface area (Å²) in [7, 11) is 1.80. The molecule has 0 aromatic heterocycles. The van der Waals surface area contributed by atoms with Crippen LogP contribution in [-0.2, 0) is 23.9 Å². The first-order valence-electron chi connectivity index (χ1n) is 13.2. The number of allylic oxidation sites excluding steroid dienone is 1. The Balaban J connectivity index is 1.76. The van der Waals surface area contributed by atoms with Crippen LogP contribution in [0, 0.1) is 34.5 Å². The zero-order valence-electron chi connectivity index (χ0n) is 22.6. The summed E-state index contributed by atoms with van der Waals surface area (Å²) in [4.78, 5) is 38.0. The summed E-state index contributed by atoms with van der Waals surface area (Å²) < 4.78 is 11.3. The van der Waals surface area contributed by atoms with Crippen molar-refractivity contribution >= 4 is 17.7 Å². The molecular formula is C28H45NO6. The van der Waals surface area contributed by atoms with Crippen LogP contribution in [-0.4, -0.2) is 48.1 Å². The Kier molecular flexibility index (Phi) is 8.22. The standard InChI is InChI=1S/C28H45NO6/c1-17-18(16-34-23(31)11-13-29-7)8-9-19-25(17)20(30)14-21-27(4,5)22(10-12-28(19,21)6)35-24(32)15-26(2,3)33/h16-17,19,21-22,25,29,33H,8-15H2,1-7H3/b18-16-/t17?,19?,21?,22-,25?,28+/m0/s1. The molecule has 0 amide bonds. The summed E-state index contributed by atoms with van der Waals surface area (Å²) in [5.41, 5.74) is -0.424. The Hall–Kier alpha value is -1.73. The number of rotatable bonds is 7. The van der Waals surface area contributed by atoms with E-state index in [1.165, 1.54) is 0 Å². The fourth-order valence-electron chi connectivity index (χ4n) is 7.25. The summed E-state index contributed by atoms with van der Waals surface area (Å²) in [6, 6.07) is 0. The summed E-state index contributed by atoms with van der Waals surface area (Å²) >= 11 is 0. The second-order valence-electron chi connectivity index (χ2n) is 12.6. The number of nitrogens with one attached hydrogen (secondary N) is 1. The molecule has 0 bridgehead atoms. The SMILES string of the molecule is CNCCC(=O)O/C=C1/CCC2C(C(=O)CC3C(C)(C)[C@@H](OC(=O)CC(C)(C)O)CC[C@]23C)C1C. The minimum absolute atomic E-state index is 0.0233. The van der Waals surface area contributed by atoms with Crippen molar-refractivity contribution < 1.29 is 29.0 Å². The average Bonchev–Trinajstić information content (AvgIpc) is 2.74. The normalized spacial score (nSPS) is 35.7. The van der Waals surface area contributed by atoms with Crippen LogP contribution >= 0.6 is 0 Å². The minimum atomic E-state index is -1.11. The summed E-state index contributed by atoms with van der Waals surface area (Å²) in [5, 5.41) is 13.0. The zero-order valence-corrected chi connectivity index (χ0v) is 22.6. The van der Waals surface area contributed by atoms with Gasteiger partial charge in [0.15, 0.2) is 0 Å². The van der Waals surface area contributed by atoms with Crippen LogP contribution in [0.25, 0.3) is 0 Å². The molecule has 2 N–H and O–H groups in total. The Morgan fingerprint density at radius 3 is 2.51 bits per heavy atom. The van der Waals surface area contributed by atoms with E-state index in [-0.39, 0.29) is 64.7 Å². The first-order valence-corrected chi connectivity index (χ1v) is 13.2. The lowest BCUT2D eigenvalue weighted by molar-refractivity contribution is -0.191. The van der Waals surface area contributed by atoms with E-state index in [0.29, 0.717) is 19.4 Å². The molecule has 35 heavy (non-hydrogen) atoms. The molecule has 3 aliphatic carbocycles. The van der Waals surface area contributed by atoms with Crippen LogP contribution < -0.4 is 5.32 Å². The van der Waals surface area contributed by atoms with Crippen LogP contribution in [0.3, 0.4) is 0 Å². The maximum atomic E-state index is 13.6. The van der Waals surface area contributed by atoms with Crippen LogP contribution in [0.15, 0.2) is 11.8 Å². The maximum Gasteiger partial charge on any atom is 0.311 e. The fraction of sp³-hybridized carbons (Fsp3) is 0.821. The molecular weight excluding hydrogens is 446 g/mol. The Morgan fingerprint density at radius 1 is 1.20 bits per heavy atom. The van der Waals surface area contributed by atoms with Gasteiger partial charge in [0.1, 0.15) is 11.9 Å². The predicted molar refractivity (Wildman–Crippen MR) is 133 cm³/mol. The van der Waals surface area contributed by atoms with Gasteiger partial charge >= 0.3 is 11.9 Å². The number of Topliss-reactive ketones (excluding diaryl/α,β-unsaturated/α-hetero) is 1. The van der Waals surface area contributed by atoms with E-state index in [1.807, 2.05) is 0 Å². The van der Waals surface area contributed by atoms with Gasteiger partial charge in [0.05, 0.1) is 24.7 Å². The highest BCUT2D eigenvalue weighted by atomic mass is 16.5. The molecule has 198 valence electrons. The number of ketones is 1. The van der Waals surface area contributed by atoms with Gasteiger partial charge in [-0.05, 0) is 75.3 Å². The number of esters is 2. The minimum Gasteiger partial charge on any atom is -0.462 e. The van der Waals surface area contributed by atoms with Crippen molar-refractivity contribution in [3.63, 3.8) is 0 Å². The van der Waals surface area contributed by atoms with Crippen molar-refractivity contribution in [3.05, 3.63) is 11.8 Å². The van der Waals surface area contributed by atoms with E-state index in [9.17, 15) is 19.5 Å². The number of carbonyl (C=O) groups excluding carboxylic acids is 3. The first-order chi connectivity index (χ1) is 16.2. The molecule has 0 aromatic carbocycles. The van der Waals surface area contributed by atoms with Crippen LogP contribution in [0.5, 0.6) is 0 Å². The molecule has 3 fully saturated rings. The smallest absolute Gasteiger partial charge is 0.311 e. The third kappa shape index (κ3) is 5.82. The van der Waals surface area contributed by atoms with Crippen molar-refractivity contribution in [1.29, 1.82) is 0 Å². The first kappa shape index (κ1) is 27.9. The second kappa shape index (κ2) is 10.3. The lowest BCUT2D eigenvalue weighted by Crippen LogP contribution is -2.60. The van der Waals surface area contributed by atoms with Crippen molar-refractivity contribution in [2.75, 3.05) is 13.6 Å². The van der Waals surface area contributed by atoms with Crippen molar-refractivity contribution in [3.8, 4) is 0 Å². The number of fused-ring (bicyclic) bond motifs is 3. The van der Waals surface area contributed by atoms with E-state index in [1.54, 1.807) is 27.2 Å². The van der Waals surface area contributed by atoms with Gasteiger partial charge in [-0.2, -0.15) is 0 Å². The van der Waals surface area contributed by atoms with Crippen molar-refractivity contribution in [1.82, 2.24) is 5.32 Å². The molecule has 3 aliphatic rings. The zero-order chi connectivity index (χ0) is 26.2. The van der Waals surface area contributed by atoms with Gasteiger partial charge in [0.25, 0.3) is 0 Å². The maximum absolute atomic E-state index is 13.6. The highest BCUT2D eigenvalue weighted by molar-refractivity contribution is 5.84. The molecule has 7 nitrogen and oxygen atoms in total. The van der Waals surface area contributed by atoms with Gasteiger partial charge in [0.2, 0.25) is 0 Å². The van der Waals surface area contributed by atoms with Crippen LogP contribution in [0.4, 0.5) is 0 Å². The Morgan fingerprint density at radius 2 is 1.89 bits per heavy atom. The predicted octanol–water partition coefficient (Wildman–Crippen LogP) is 4.17. The molecule has 6 atom stereocenters. The molecule has 3 saturated carbocycles. The fourth-order valence-corrected chi connectivity index (χ4v) is 7.25. The number of ether oxygens (including phenoxy) is 2. The molecule has 0 aromatic rings. The van der Waals surface area contributed by atoms with E-state index in [2.05, 4.69) is 33.0 Å².